The maximum absolute atomic E-state index is 12.2. The minimum absolute atomic E-state index is 0. The van der Waals surface area contributed by atoms with Gasteiger partial charge in [0, 0.05) is 11.0 Å². The van der Waals surface area contributed by atoms with E-state index in [9.17, 15) is 8.42 Å². The van der Waals surface area contributed by atoms with Crippen molar-refractivity contribution in [2.24, 2.45) is 0 Å². The Kier molecular flexibility index (Phi) is 8.22. The number of hydrogen-bond acceptors (Lipinski definition) is 3. The fourth-order valence-corrected chi connectivity index (χ4v) is 3.36. The van der Waals surface area contributed by atoms with Gasteiger partial charge in [-0.1, -0.05) is 40.2 Å². The highest BCUT2D eigenvalue weighted by Crippen LogP contribution is 2.23. The number of nitrogens with one attached hydrogen (secondary N) is 2. The maximum atomic E-state index is 12.2. The predicted octanol–water partition coefficient (Wildman–Crippen LogP) is 3.43. The van der Waals surface area contributed by atoms with Gasteiger partial charge in [-0.25, -0.2) is 13.1 Å². The molecule has 0 amide bonds. The van der Waals surface area contributed by atoms with E-state index >= 15 is 0 Å². The third-order valence-corrected chi connectivity index (χ3v) is 5.24. The van der Waals surface area contributed by atoms with Crippen molar-refractivity contribution in [1.29, 1.82) is 0 Å². The van der Waals surface area contributed by atoms with Gasteiger partial charge in [0.1, 0.15) is 0 Å². The topological polar surface area (TPSA) is 58.2 Å². The summed E-state index contributed by atoms with van der Waals surface area (Å²) in [5.41, 5.74) is 2.04. The van der Waals surface area contributed by atoms with E-state index in [-0.39, 0.29) is 17.3 Å². The monoisotopic (exact) mass is 418 g/mol. The van der Waals surface area contributed by atoms with Crippen LogP contribution in [0.2, 0.25) is 0 Å². The third kappa shape index (κ3) is 5.90. The molecular formula is C16H20BrClN2O2S. The zero-order valence-electron chi connectivity index (χ0n) is 12.8. The summed E-state index contributed by atoms with van der Waals surface area (Å²) in [6.45, 7) is 1.21. The number of sulfonamides is 1. The maximum Gasteiger partial charge on any atom is 0.240 e. The summed E-state index contributed by atoms with van der Waals surface area (Å²) in [5.74, 6) is 0. The zero-order chi connectivity index (χ0) is 16.0. The highest BCUT2D eigenvalue weighted by molar-refractivity contribution is 9.10. The largest absolute Gasteiger partial charge is 0.320 e. The third-order valence-electron chi connectivity index (χ3n) is 3.24. The summed E-state index contributed by atoms with van der Waals surface area (Å²) in [6.07, 6.45) is 0.757. The van der Waals surface area contributed by atoms with Crippen LogP contribution in [-0.4, -0.2) is 28.6 Å². The Balaban J connectivity index is 0.00000264. The molecule has 126 valence electrons. The van der Waals surface area contributed by atoms with E-state index in [1.807, 2.05) is 43.4 Å². The molecule has 0 unspecified atom stereocenters. The molecule has 0 bridgehead atoms. The minimum Gasteiger partial charge on any atom is -0.320 e. The van der Waals surface area contributed by atoms with Gasteiger partial charge in [0.25, 0.3) is 0 Å². The molecule has 7 heteroatoms. The SMILES string of the molecule is CNCCCNS(=O)(=O)c1ccc(-c2ccc(Br)cc2)cc1.Cl. The Morgan fingerprint density at radius 1 is 0.913 bits per heavy atom. The van der Waals surface area contributed by atoms with Crippen molar-refractivity contribution in [3.8, 4) is 11.1 Å². The molecule has 0 aliphatic rings. The fourth-order valence-electron chi connectivity index (χ4n) is 2.02. The van der Waals surface area contributed by atoms with Crippen LogP contribution < -0.4 is 10.0 Å². The zero-order valence-corrected chi connectivity index (χ0v) is 16.0. The highest BCUT2D eigenvalue weighted by Gasteiger charge is 2.13. The van der Waals surface area contributed by atoms with Crippen LogP contribution >= 0.6 is 28.3 Å². The smallest absolute Gasteiger partial charge is 0.240 e. The molecule has 2 aromatic carbocycles. The van der Waals surface area contributed by atoms with E-state index in [4.69, 9.17) is 0 Å². The molecule has 0 saturated heterocycles. The molecule has 4 nitrogen and oxygen atoms in total. The molecule has 0 saturated carbocycles. The Bertz CT molecular complexity index is 704. The van der Waals surface area contributed by atoms with Gasteiger partial charge in [0.15, 0.2) is 0 Å². The van der Waals surface area contributed by atoms with Crippen molar-refractivity contribution in [3.63, 3.8) is 0 Å². The molecule has 2 aromatic rings. The lowest BCUT2D eigenvalue weighted by atomic mass is 10.1. The molecule has 0 aliphatic heterocycles. The van der Waals surface area contributed by atoms with Gasteiger partial charge in [-0.05, 0) is 55.4 Å². The summed E-state index contributed by atoms with van der Waals surface area (Å²) >= 11 is 3.40. The van der Waals surface area contributed by atoms with E-state index in [0.29, 0.717) is 6.54 Å². The number of rotatable bonds is 7. The van der Waals surface area contributed by atoms with Crippen molar-refractivity contribution >= 4 is 38.4 Å². The van der Waals surface area contributed by atoms with Crippen LogP contribution in [0, 0.1) is 0 Å². The molecule has 0 radical (unpaired) electrons. The fraction of sp³-hybridized carbons (Fsp3) is 0.250. The first-order valence-corrected chi connectivity index (χ1v) is 9.31. The lowest BCUT2D eigenvalue weighted by Crippen LogP contribution is -2.26. The molecular weight excluding hydrogens is 400 g/mol. The van der Waals surface area contributed by atoms with Gasteiger partial charge in [-0.2, -0.15) is 0 Å². The molecule has 2 N–H and O–H groups in total. The van der Waals surface area contributed by atoms with E-state index in [0.717, 1.165) is 28.6 Å². The first-order valence-electron chi connectivity index (χ1n) is 7.03. The Morgan fingerprint density at radius 2 is 1.43 bits per heavy atom. The van der Waals surface area contributed by atoms with Crippen LogP contribution in [0.25, 0.3) is 11.1 Å². The Morgan fingerprint density at radius 3 is 1.96 bits per heavy atom. The van der Waals surface area contributed by atoms with Crippen LogP contribution in [-0.2, 0) is 10.0 Å². The second-order valence-electron chi connectivity index (χ2n) is 4.89. The van der Waals surface area contributed by atoms with Crippen LogP contribution in [0.15, 0.2) is 57.9 Å². The Labute approximate surface area is 152 Å². The highest BCUT2D eigenvalue weighted by atomic mass is 79.9. The second-order valence-corrected chi connectivity index (χ2v) is 7.57. The van der Waals surface area contributed by atoms with Crippen LogP contribution in [0.4, 0.5) is 0 Å². The van der Waals surface area contributed by atoms with Crippen molar-refractivity contribution in [2.45, 2.75) is 11.3 Å². The molecule has 0 atom stereocenters. The first-order chi connectivity index (χ1) is 10.5. The van der Waals surface area contributed by atoms with Gasteiger partial charge < -0.3 is 5.32 Å². The predicted molar refractivity (Wildman–Crippen MR) is 101 cm³/mol. The molecule has 2 rings (SSSR count). The van der Waals surface area contributed by atoms with E-state index < -0.39 is 10.0 Å². The normalized spacial score (nSPS) is 11.0. The van der Waals surface area contributed by atoms with Crippen molar-refractivity contribution in [1.82, 2.24) is 10.0 Å². The lowest BCUT2D eigenvalue weighted by Gasteiger charge is -2.08. The molecule has 23 heavy (non-hydrogen) atoms. The molecule has 0 fully saturated rings. The summed E-state index contributed by atoms with van der Waals surface area (Å²) in [7, 11) is -1.59. The van der Waals surface area contributed by atoms with Gasteiger partial charge in [-0.15, -0.1) is 12.4 Å². The Hall–Kier alpha value is -0.920. The van der Waals surface area contributed by atoms with Crippen molar-refractivity contribution < 1.29 is 8.42 Å². The van der Waals surface area contributed by atoms with Gasteiger partial charge in [0.2, 0.25) is 10.0 Å². The van der Waals surface area contributed by atoms with Gasteiger partial charge in [0.05, 0.1) is 4.90 Å². The summed E-state index contributed by atoms with van der Waals surface area (Å²) < 4.78 is 27.9. The summed E-state index contributed by atoms with van der Waals surface area (Å²) in [4.78, 5) is 0.290. The summed E-state index contributed by atoms with van der Waals surface area (Å²) in [5, 5.41) is 2.99. The number of benzene rings is 2. The quantitative estimate of drug-likeness (QED) is 0.676. The van der Waals surface area contributed by atoms with E-state index in [1.165, 1.54) is 0 Å². The first kappa shape index (κ1) is 20.1. The van der Waals surface area contributed by atoms with Crippen LogP contribution in [0.1, 0.15) is 6.42 Å². The van der Waals surface area contributed by atoms with Crippen molar-refractivity contribution in [2.75, 3.05) is 20.1 Å². The van der Waals surface area contributed by atoms with E-state index in [2.05, 4.69) is 26.0 Å². The van der Waals surface area contributed by atoms with Gasteiger partial charge >= 0.3 is 0 Å². The van der Waals surface area contributed by atoms with Crippen molar-refractivity contribution in [3.05, 3.63) is 53.0 Å². The standard InChI is InChI=1S/C16H19BrN2O2S.ClH/c1-18-11-2-12-19-22(20,21)16-9-5-14(6-10-16)13-3-7-15(17)8-4-13;/h3-10,18-19H,2,11-12H2,1H3;1H. The average molecular weight is 420 g/mol. The number of hydrogen-bond donors (Lipinski definition) is 2. The van der Waals surface area contributed by atoms with E-state index in [1.54, 1.807) is 12.1 Å². The molecule has 0 heterocycles. The minimum atomic E-state index is -3.43. The molecule has 0 aromatic heterocycles. The summed E-state index contributed by atoms with van der Waals surface area (Å²) in [6, 6.07) is 14.8. The van der Waals surface area contributed by atoms with Crippen LogP contribution in [0.3, 0.4) is 0 Å². The van der Waals surface area contributed by atoms with Gasteiger partial charge in [-0.3, -0.25) is 0 Å². The van der Waals surface area contributed by atoms with Crippen LogP contribution in [0.5, 0.6) is 0 Å². The average Bonchev–Trinajstić information content (AvgIpc) is 2.52. The molecule has 0 spiro atoms. The molecule has 0 aliphatic carbocycles. The lowest BCUT2D eigenvalue weighted by molar-refractivity contribution is 0.577. The number of halogens is 2. The second kappa shape index (κ2) is 9.39.